The molecular weight excluding hydrogens is 402 g/mol. The lowest BCUT2D eigenvalue weighted by Gasteiger charge is -2.21. The topological polar surface area (TPSA) is 86.8 Å². The summed E-state index contributed by atoms with van der Waals surface area (Å²) in [6, 6.07) is 10.7. The van der Waals surface area contributed by atoms with E-state index in [9.17, 15) is 18.0 Å². The van der Waals surface area contributed by atoms with Crippen molar-refractivity contribution in [2.24, 2.45) is 0 Å². The minimum atomic E-state index is -3.89. The molecule has 2 heterocycles. The second-order valence-corrected chi connectivity index (χ2v) is 9.42. The third-order valence-corrected chi connectivity index (χ3v) is 7.54. The van der Waals surface area contributed by atoms with Crippen LogP contribution in [-0.4, -0.2) is 57.9 Å². The van der Waals surface area contributed by atoms with Crippen LogP contribution in [0.15, 0.2) is 52.3 Å². The van der Waals surface area contributed by atoms with Crippen LogP contribution in [0.5, 0.6) is 0 Å². The molecule has 7 nitrogen and oxygen atoms in total. The molecule has 4 rings (SSSR count). The zero-order chi connectivity index (χ0) is 21.3. The maximum absolute atomic E-state index is 13.2. The molecule has 2 aliphatic heterocycles. The van der Waals surface area contributed by atoms with Gasteiger partial charge in [0.05, 0.1) is 21.0 Å². The highest BCUT2D eigenvalue weighted by Gasteiger charge is 2.35. The number of sulfone groups is 1. The third-order valence-electron chi connectivity index (χ3n) is 5.68. The molecule has 1 saturated heterocycles. The van der Waals surface area contributed by atoms with Crippen LogP contribution in [0.4, 0.5) is 5.69 Å². The number of anilines is 1. The van der Waals surface area contributed by atoms with Gasteiger partial charge in [-0.05, 0) is 63.2 Å². The molecule has 2 aromatic rings. The van der Waals surface area contributed by atoms with E-state index in [2.05, 4.69) is 10.2 Å². The lowest BCUT2D eigenvalue weighted by molar-refractivity contribution is 0.0946. The SMILES string of the molecule is CCN1C(=O)c2ccccc2S(=O)(=O)c2ccc(C(=O)NCCN3CCCC3)cc21. The molecule has 2 aromatic carbocycles. The maximum Gasteiger partial charge on any atom is 0.259 e. The van der Waals surface area contributed by atoms with Gasteiger partial charge in [-0.15, -0.1) is 0 Å². The maximum atomic E-state index is 13.2. The Morgan fingerprint density at radius 2 is 1.80 bits per heavy atom. The predicted octanol–water partition coefficient (Wildman–Crippen LogP) is 2.33. The molecule has 0 bridgehead atoms. The van der Waals surface area contributed by atoms with Crippen molar-refractivity contribution in [3.8, 4) is 0 Å². The lowest BCUT2D eigenvalue weighted by atomic mass is 10.1. The number of carbonyl (C=O) groups excluding carboxylic acids is 2. The quantitative estimate of drug-likeness (QED) is 0.791. The first-order chi connectivity index (χ1) is 14.4. The lowest BCUT2D eigenvalue weighted by Crippen LogP contribution is -2.34. The van der Waals surface area contributed by atoms with E-state index in [1.165, 1.54) is 48.1 Å². The minimum Gasteiger partial charge on any atom is -0.351 e. The Kier molecular flexibility index (Phi) is 5.62. The van der Waals surface area contributed by atoms with E-state index in [4.69, 9.17) is 0 Å². The van der Waals surface area contributed by atoms with Gasteiger partial charge >= 0.3 is 0 Å². The van der Waals surface area contributed by atoms with Crippen LogP contribution in [0.1, 0.15) is 40.5 Å². The average Bonchev–Trinajstić information content (AvgIpc) is 3.25. The van der Waals surface area contributed by atoms with E-state index >= 15 is 0 Å². The van der Waals surface area contributed by atoms with Gasteiger partial charge in [0.15, 0.2) is 0 Å². The van der Waals surface area contributed by atoms with Crippen LogP contribution in [0, 0.1) is 0 Å². The first kappa shape index (κ1) is 20.6. The molecule has 30 heavy (non-hydrogen) atoms. The Morgan fingerprint density at radius 3 is 2.53 bits per heavy atom. The zero-order valence-corrected chi connectivity index (χ0v) is 17.7. The number of hydrogen-bond donors (Lipinski definition) is 1. The molecule has 2 aliphatic rings. The van der Waals surface area contributed by atoms with Crippen LogP contribution >= 0.6 is 0 Å². The Morgan fingerprint density at radius 1 is 1.07 bits per heavy atom. The number of nitrogens with one attached hydrogen (secondary N) is 1. The zero-order valence-electron chi connectivity index (χ0n) is 16.9. The van der Waals surface area contributed by atoms with Crippen molar-refractivity contribution in [2.75, 3.05) is 37.6 Å². The van der Waals surface area contributed by atoms with E-state index in [0.29, 0.717) is 12.1 Å². The second-order valence-electron chi connectivity index (χ2n) is 7.54. The Bertz CT molecular complexity index is 1090. The molecule has 1 fully saturated rings. The number of hydrogen-bond acceptors (Lipinski definition) is 5. The Hall–Kier alpha value is -2.71. The number of benzene rings is 2. The highest BCUT2D eigenvalue weighted by atomic mass is 32.2. The molecule has 0 radical (unpaired) electrons. The summed E-state index contributed by atoms with van der Waals surface area (Å²) in [6.07, 6.45) is 2.38. The fourth-order valence-electron chi connectivity index (χ4n) is 4.10. The van der Waals surface area contributed by atoms with Crippen molar-refractivity contribution < 1.29 is 18.0 Å². The number of likely N-dealkylation sites (tertiary alicyclic amines) is 1. The van der Waals surface area contributed by atoms with Gasteiger partial charge in [-0.1, -0.05) is 12.1 Å². The van der Waals surface area contributed by atoms with Gasteiger partial charge in [-0.3, -0.25) is 9.59 Å². The molecule has 0 spiro atoms. The van der Waals surface area contributed by atoms with Crippen molar-refractivity contribution >= 4 is 27.3 Å². The van der Waals surface area contributed by atoms with E-state index in [1.54, 1.807) is 19.1 Å². The summed E-state index contributed by atoms with van der Waals surface area (Å²) in [4.78, 5) is 29.5. The summed E-state index contributed by atoms with van der Waals surface area (Å²) in [5.74, 6) is -0.665. The molecule has 1 N–H and O–H groups in total. The number of nitrogens with zero attached hydrogens (tertiary/aromatic N) is 2. The third kappa shape index (κ3) is 3.61. The number of fused-ring (bicyclic) bond motifs is 2. The molecule has 2 amide bonds. The standard InChI is InChI=1S/C22H25N3O4S/c1-2-25-18-15-16(21(26)23-11-14-24-12-5-6-13-24)9-10-20(18)30(28,29)19-8-4-3-7-17(19)22(25)27/h3-4,7-10,15H,2,5-6,11-14H2,1H3,(H,23,26). The van der Waals surface area contributed by atoms with Crippen molar-refractivity contribution in [3.63, 3.8) is 0 Å². The largest absolute Gasteiger partial charge is 0.351 e. The number of amides is 2. The van der Waals surface area contributed by atoms with Gasteiger partial charge in [-0.25, -0.2) is 8.42 Å². The van der Waals surface area contributed by atoms with E-state index < -0.39 is 9.84 Å². The van der Waals surface area contributed by atoms with E-state index in [-0.39, 0.29) is 39.4 Å². The van der Waals surface area contributed by atoms with Crippen molar-refractivity contribution in [3.05, 3.63) is 53.6 Å². The molecule has 158 valence electrons. The molecule has 0 aliphatic carbocycles. The highest BCUT2D eigenvalue weighted by molar-refractivity contribution is 7.91. The fraction of sp³-hybridized carbons (Fsp3) is 0.364. The summed E-state index contributed by atoms with van der Waals surface area (Å²) in [5.41, 5.74) is 0.723. The van der Waals surface area contributed by atoms with Crippen LogP contribution < -0.4 is 10.2 Å². The summed E-state index contributed by atoms with van der Waals surface area (Å²) in [7, 11) is -3.89. The highest BCUT2D eigenvalue weighted by Crippen LogP contribution is 2.37. The van der Waals surface area contributed by atoms with Crippen molar-refractivity contribution in [1.82, 2.24) is 10.2 Å². The molecule has 8 heteroatoms. The van der Waals surface area contributed by atoms with Crippen molar-refractivity contribution in [2.45, 2.75) is 29.6 Å². The normalized spacial score (nSPS) is 17.9. The summed E-state index contributed by atoms with van der Waals surface area (Å²) >= 11 is 0. The minimum absolute atomic E-state index is 0.00462. The summed E-state index contributed by atoms with van der Waals surface area (Å²) in [6.45, 7) is 5.50. The van der Waals surface area contributed by atoms with Gasteiger partial charge < -0.3 is 15.1 Å². The van der Waals surface area contributed by atoms with Crippen molar-refractivity contribution in [1.29, 1.82) is 0 Å². The van der Waals surface area contributed by atoms with Gasteiger partial charge in [0, 0.05) is 25.2 Å². The van der Waals surface area contributed by atoms with Gasteiger partial charge in [0.2, 0.25) is 9.84 Å². The molecule has 0 aromatic heterocycles. The van der Waals surface area contributed by atoms with Crippen LogP contribution in [-0.2, 0) is 9.84 Å². The van der Waals surface area contributed by atoms with Gasteiger partial charge in [0.25, 0.3) is 11.8 Å². The first-order valence-electron chi connectivity index (χ1n) is 10.2. The number of rotatable bonds is 5. The Labute approximate surface area is 176 Å². The first-order valence-corrected chi connectivity index (χ1v) is 11.7. The second kappa shape index (κ2) is 8.20. The van der Waals surface area contributed by atoms with Gasteiger partial charge in [-0.2, -0.15) is 0 Å². The monoisotopic (exact) mass is 427 g/mol. The van der Waals surface area contributed by atoms with E-state index in [0.717, 1.165) is 19.6 Å². The molecule has 0 atom stereocenters. The van der Waals surface area contributed by atoms with Crippen LogP contribution in [0.2, 0.25) is 0 Å². The average molecular weight is 428 g/mol. The van der Waals surface area contributed by atoms with Crippen LogP contribution in [0.3, 0.4) is 0 Å². The summed E-state index contributed by atoms with van der Waals surface area (Å²) < 4.78 is 26.5. The Balaban J connectivity index is 1.66. The fourth-order valence-corrected chi connectivity index (χ4v) is 5.73. The smallest absolute Gasteiger partial charge is 0.259 e. The predicted molar refractivity (Wildman–Crippen MR) is 114 cm³/mol. The van der Waals surface area contributed by atoms with Gasteiger partial charge in [0.1, 0.15) is 0 Å². The molecule has 0 unspecified atom stereocenters. The molecule has 0 saturated carbocycles. The summed E-state index contributed by atoms with van der Waals surface area (Å²) in [5, 5.41) is 2.90. The van der Waals surface area contributed by atoms with Crippen LogP contribution in [0.25, 0.3) is 0 Å². The van der Waals surface area contributed by atoms with E-state index in [1.807, 2.05) is 0 Å². The number of carbonyl (C=O) groups is 2. The molecular formula is C22H25N3O4S.